The molecule has 1 saturated heterocycles. The third-order valence-corrected chi connectivity index (χ3v) is 4.73. The number of hydrogen-bond acceptors (Lipinski definition) is 7. The van der Waals surface area contributed by atoms with Gasteiger partial charge in [-0.3, -0.25) is 18.9 Å². The van der Waals surface area contributed by atoms with Crippen LogP contribution in [-0.4, -0.2) is 49.7 Å². The van der Waals surface area contributed by atoms with Crippen LogP contribution in [0.5, 0.6) is 0 Å². The van der Waals surface area contributed by atoms with E-state index in [0.717, 1.165) is 4.57 Å². The van der Waals surface area contributed by atoms with E-state index in [9.17, 15) is 19.0 Å². The second-order valence-corrected chi connectivity index (χ2v) is 10.7. The molecule has 0 spiro atoms. The van der Waals surface area contributed by atoms with E-state index in [2.05, 4.69) is 9.51 Å². The van der Waals surface area contributed by atoms with E-state index < -0.39 is 50.6 Å². The number of aromatic amines is 1. The quantitative estimate of drug-likeness (QED) is 0.448. The van der Waals surface area contributed by atoms with Gasteiger partial charge in [0.15, 0.2) is 12.7 Å². The molecular formula is C11H18N2O9P2S. The van der Waals surface area contributed by atoms with Gasteiger partial charge in [-0.2, -0.15) is 0 Å². The van der Waals surface area contributed by atoms with Crippen LogP contribution in [0.1, 0.15) is 18.2 Å². The number of rotatable bonds is 6. The lowest BCUT2D eigenvalue weighted by molar-refractivity contribution is -0.0473. The summed E-state index contributed by atoms with van der Waals surface area (Å²) in [6.07, 6.45) is -1.40. The molecule has 0 radical (unpaired) electrons. The predicted molar refractivity (Wildman–Crippen MR) is 89.9 cm³/mol. The van der Waals surface area contributed by atoms with E-state index in [1.165, 1.54) is 19.8 Å². The van der Waals surface area contributed by atoms with Crippen LogP contribution in [0, 0.1) is 6.92 Å². The number of phosphoric acid groups is 1. The summed E-state index contributed by atoms with van der Waals surface area (Å²) >= 11 is 4.85. The Kier molecular flexibility index (Phi) is 6.20. The molecule has 1 aliphatic rings. The molecule has 11 nitrogen and oxygen atoms in total. The average molecular weight is 416 g/mol. The normalized spacial score (nSPS) is 26.5. The zero-order chi connectivity index (χ0) is 19.0. The fourth-order valence-electron chi connectivity index (χ4n) is 2.37. The van der Waals surface area contributed by atoms with Gasteiger partial charge >= 0.3 is 13.5 Å². The van der Waals surface area contributed by atoms with Crippen molar-refractivity contribution in [3.8, 4) is 0 Å². The molecule has 2 rings (SSSR count). The Labute approximate surface area is 147 Å². The molecule has 4 atom stereocenters. The molecule has 2 heterocycles. The van der Waals surface area contributed by atoms with Gasteiger partial charge in [-0.25, -0.2) is 9.36 Å². The van der Waals surface area contributed by atoms with Gasteiger partial charge in [0.2, 0.25) is 0 Å². The Morgan fingerprint density at radius 3 is 2.64 bits per heavy atom. The van der Waals surface area contributed by atoms with Crippen LogP contribution < -0.4 is 11.2 Å². The first-order valence-corrected chi connectivity index (χ1v) is 11.7. The summed E-state index contributed by atoms with van der Waals surface area (Å²) in [5.74, 6) is 0. The minimum atomic E-state index is -4.69. The summed E-state index contributed by atoms with van der Waals surface area (Å²) in [5.41, 5.74) is -1.06. The van der Waals surface area contributed by atoms with Crippen LogP contribution in [0.2, 0.25) is 0 Å². The maximum Gasteiger partial charge on any atom is 0.469 e. The van der Waals surface area contributed by atoms with E-state index in [-0.39, 0.29) is 12.0 Å². The third kappa shape index (κ3) is 5.92. The van der Waals surface area contributed by atoms with Gasteiger partial charge in [-0.15, -0.1) is 0 Å². The highest BCUT2D eigenvalue weighted by Gasteiger charge is 2.40. The standard InChI is InChI=1S/C11H18N2O9P2S/c1-6-4-13(11(15)12-9(6)14)10-8(22-23(2,16)25)3-7(21-10)5-20-24(17,18)19/h4,7-8,10H,3,5H2,1-2H3,(H,16,25)(H,12,14,15)(H2,17,18,19)/t7-,8-,10+,23?/m0/s1. The van der Waals surface area contributed by atoms with Gasteiger partial charge in [0, 0.05) is 24.8 Å². The Morgan fingerprint density at radius 2 is 2.08 bits per heavy atom. The number of nitrogens with one attached hydrogen (secondary N) is 1. The van der Waals surface area contributed by atoms with Crippen molar-refractivity contribution < 1.29 is 33.0 Å². The van der Waals surface area contributed by atoms with Gasteiger partial charge in [-0.1, -0.05) is 0 Å². The highest BCUT2D eigenvalue weighted by molar-refractivity contribution is 8.09. The van der Waals surface area contributed by atoms with Crippen molar-refractivity contribution in [2.75, 3.05) is 13.3 Å². The van der Waals surface area contributed by atoms with Crippen molar-refractivity contribution in [2.24, 2.45) is 0 Å². The molecule has 0 bridgehead atoms. The summed E-state index contributed by atoms with van der Waals surface area (Å²) in [6, 6.07) is 0. The lowest BCUT2D eigenvalue weighted by Gasteiger charge is -2.23. The van der Waals surface area contributed by atoms with Crippen LogP contribution >= 0.6 is 14.3 Å². The van der Waals surface area contributed by atoms with E-state index in [4.69, 9.17) is 30.9 Å². The fraction of sp³-hybridized carbons (Fsp3) is 0.636. The molecule has 0 saturated carbocycles. The minimum absolute atomic E-state index is 0.0715. The molecule has 0 amide bonds. The Bertz CT molecular complexity index is 841. The fourth-order valence-corrected chi connectivity index (χ4v) is 3.75. The molecule has 25 heavy (non-hydrogen) atoms. The number of nitrogens with zero attached hydrogens (tertiary/aromatic N) is 1. The van der Waals surface area contributed by atoms with Crippen molar-refractivity contribution in [1.82, 2.24) is 9.55 Å². The highest BCUT2D eigenvalue weighted by Crippen LogP contribution is 2.45. The number of phosphoric ester groups is 1. The highest BCUT2D eigenvalue weighted by atomic mass is 32.5. The first-order chi connectivity index (χ1) is 11.4. The van der Waals surface area contributed by atoms with Gasteiger partial charge in [0.1, 0.15) is 6.10 Å². The predicted octanol–water partition coefficient (Wildman–Crippen LogP) is -0.441. The van der Waals surface area contributed by atoms with E-state index >= 15 is 0 Å². The number of aromatic nitrogens is 2. The van der Waals surface area contributed by atoms with Crippen LogP contribution in [0.3, 0.4) is 0 Å². The molecule has 1 aliphatic heterocycles. The Balaban J connectivity index is 2.30. The maximum atomic E-state index is 12.1. The van der Waals surface area contributed by atoms with Crippen molar-refractivity contribution in [2.45, 2.75) is 31.8 Å². The SMILES string of the molecule is Cc1cn([C@@H]2O[C@H](COP(=O)(O)O)C[C@@H]2OP(C)(O)=S)c(=O)[nH]c1=O. The molecule has 1 fully saturated rings. The minimum Gasteiger partial charge on any atom is -0.349 e. The van der Waals surface area contributed by atoms with E-state index in [1.807, 2.05) is 0 Å². The Hall–Kier alpha value is -0.680. The van der Waals surface area contributed by atoms with Gasteiger partial charge < -0.3 is 23.9 Å². The summed E-state index contributed by atoms with van der Waals surface area (Å²) in [5, 5.41) is 0. The number of ether oxygens (including phenoxy) is 1. The van der Waals surface area contributed by atoms with Crippen LogP contribution in [0.25, 0.3) is 0 Å². The van der Waals surface area contributed by atoms with Crippen molar-refractivity contribution in [1.29, 1.82) is 0 Å². The number of aryl methyl sites for hydroxylation is 1. The molecule has 4 N–H and O–H groups in total. The van der Waals surface area contributed by atoms with Crippen molar-refractivity contribution >= 4 is 26.1 Å². The van der Waals surface area contributed by atoms with Crippen molar-refractivity contribution in [3.63, 3.8) is 0 Å². The van der Waals surface area contributed by atoms with Crippen LogP contribution in [0.4, 0.5) is 0 Å². The zero-order valence-electron chi connectivity index (χ0n) is 13.3. The summed E-state index contributed by atoms with van der Waals surface area (Å²) < 4.78 is 27.3. The van der Waals surface area contributed by atoms with Gasteiger partial charge in [0.25, 0.3) is 5.56 Å². The Morgan fingerprint density at radius 1 is 1.44 bits per heavy atom. The molecule has 0 aromatic carbocycles. The number of hydrogen-bond donors (Lipinski definition) is 4. The summed E-state index contributed by atoms with van der Waals surface area (Å²) in [7, 11) is -4.69. The van der Waals surface area contributed by atoms with E-state index in [1.54, 1.807) is 0 Å². The first kappa shape index (κ1) is 20.6. The number of H-pyrrole nitrogens is 1. The van der Waals surface area contributed by atoms with Gasteiger partial charge in [0.05, 0.1) is 12.7 Å². The monoisotopic (exact) mass is 416 g/mol. The zero-order valence-corrected chi connectivity index (χ0v) is 15.9. The lowest BCUT2D eigenvalue weighted by atomic mass is 10.2. The lowest BCUT2D eigenvalue weighted by Crippen LogP contribution is -2.36. The molecule has 1 unspecified atom stereocenters. The average Bonchev–Trinajstić information content (AvgIpc) is 2.80. The first-order valence-electron chi connectivity index (χ1n) is 7.02. The molecule has 1 aromatic rings. The van der Waals surface area contributed by atoms with Crippen molar-refractivity contribution in [3.05, 3.63) is 32.6 Å². The van der Waals surface area contributed by atoms with Crippen LogP contribution in [-0.2, 0) is 30.2 Å². The summed E-state index contributed by atoms with van der Waals surface area (Å²) in [4.78, 5) is 53.0. The molecule has 14 heteroatoms. The molecular weight excluding hydrogens is 398 g/mol. The topological polar surface area (TPSA) is 160 Å². The summed E-state index contributed by atoms with van der Waals surface area (Å²) in [6.45, 7) is -0.755. The smallest absolute Gasteiger partial charge is 0.349 e. The van der Waals surface area contributed by atoms with Crippen LogP contribution in [0.15, 0.2) is 15.8 Å². The van der Waals surface area contributed by atoms with E-state index in [0.29, 0.717) is 0 Å². The second-order valence-electron chi connectivity index (χ2n) is 5.60. The van der Waals surface area contributed by atoms with Gasteiger partial charge in [-0.05, 0) is 18.7 Å². The third-order valence-electron chi connectivity index (χ3n) is 3.32. The molecule has 0 aliphatic carbocycles. The largest absolute Gasteiger partial charge is 0.469 e. The molecule has 1 aromatic heterocycles. The maximum absolute atomic E-state index is 12.1. The molecule has 142 valence electrons. The second kappa shape index (κ2) is 7.51.